The van der Waals surface area contributed by atoms with Gasteiger partial charge in [0, 0.05) is 24.8 Å². The van der Waals surface area contributed by atoms with E-state index in [4.69, 9.17) is 0 Å². The van der Waals surface area contributed by atoms with Gasteiger partial charge in [-0.2, -0.15) is 18.3 Å². The Morgan fingerprint density at radius 3 is 2.45 bits per heavy atom. The van der Waals surface area contributed by atoms with E-state index in [0.717, 1.165) is 16.8 Å². The fourth-order valence-corrected chi connectivity index (χ4v) is 3.10. The number of benzene rings is 1. The van der Waals surface area contributed by atoms with Crippen LogP contribution >= 0.6 is 0 Å². The number of alkyl halides is 3. The van der Waals surface area contributed by atoms with Gasteiger partial charge in [-0.25, -0.2) is 4.68 Å². The topological polar surface area (TPSA) is 67.2 Å². The maximum Gasteiger partial charge on any atom is 0.416 e. The van der Waals surface area contributed by atoms with E-state index in [1.54, 1.807) is 0 Å². The number of carbonyl (C=O) groups is 1. The number of hydrogen-bond acceptors (Lipinski definition) is 4. The van der Waals surface area contributed by atoms with Gasteiger partial charge in [0.1, 0.15) is 0 Å². The van der Waals surface area contributed by atoms with Gasteiger partial charge in [-0.15, -0.1) is 0 Å². The SMILES string of the molecule is Cc1cc(=O)c(C(=O)NCC(C)(C)CN(C)C)nn1-c1cccc(C(F)(F)F)c1. The van der Waals surface area contributed by atoms with Crippen molar-refractivity contribution < 1.29 is 18.0 Å². The van der Waals surface area contributed by atoms with Crippen molar-refractivity contribution in [2.24, 2.45) is 5.41 Å². The molecule has 0 aliphatic heterocycles. The Bertz CT molecular complexity index is 949. The lowest BCUT2D eigenvalue weighted by atomic mass is 9.93. The van der Waals surface area contributed by atoms with Gasteiger partial charge < -0.3 is 10.2 Å². The van der Waals surface area contributed by atoms with Crippen molar-refractivity contribution in [3.63, 3.8) is 0 Å². The Kier molecular flexibility index (Phi) is 6.52. The Balaban J connectivity index is 2.35. The van der Waals surface area contributed by atoms with E-state index in [0.29, 0.717) is 18.8 Å². The standard InChI is InChI=1S/C20H25F3N4O2/c1-13-9-16(28)17(18(29)24-11-19(2,3)12-26(4)5)25-27(13)15-8-6-7-14(10-15)20(21,22)23/h6-10H,11-12H2,1-5H3,(H,24,29). The summed E-state index contributed by atoms with van der Waals surface area (Å²) in [5.74, 6) is -0.664. The predicted molar refractivity (Wildman–Crippen MR) is 104 cm³/mol. The predicted octanol–water partition coefficient (Wildman–Crippen LogP) is 2.88. The van der Waals surface area contributed by atoms with Crippen molar-refractivity contribution in [3.8, 4) is 5.69 Å². The Morgan fingerprint density at radius 2 is 1.86 bits per heavy atom. The van der Waals surface area contributed by atoms with Gasteiger partial charge in [-0.3, -0.25) is 9.59 Å². The molecule has 158 valence electrons. The van der Waals surface area contributed by atoms with E-state index in [1.807, 2.05) is 32.8 Å². The van der Waals surface area contributed by atoms with Gasteiger partial charge in [-0.1, -0.05) is 19.9 Å². The van der Waals surface area contributed by atoms with Crippen molar-refractivity contribution in [1.29, 1.82) is 0 Å². The average Bonchev–Trinajstić information content (AvgIpc) is 2.58. The summed E-state index contributed by atoms with van der Waals surface area (Å²) in [5.41, 5.74) is -1.61. The van der Waals surface area contributed by atoms with Crippen LogP contribution in [0.2, 0.25) is 0 Å². The molecule has 1 aromatic carbocycles. The van der Waals surface area contributed by atoms with Gasteiger partial charge in [-0.05, 0) is 44.6 Å². The van der Waals surface area contributed by atoms with Crippen LogP contribution in [0.4, 0.5) is 13.2 Å². The molecule has 1 heterocycles. The van der Waals surface area contributed by atoms with E-state index < -0.39 is 23.1 Å². The first-order valence-electron chi connectivity index (χ1n) is 9.02. The van der Waals surface area contributed by atoms with Crippen LogP contribution in [0.5, 0.6) is 0 Å². The number of amides is 1. The highest BCUT2D eigenvalue weighted by Crippen LogP contribution is 2.30. The van der Waals surface area contributed by atoms with Crippen molar-refractivity contribution in [3.05, 3.63) is 57.5 Å². The molecule has 0 atom stereocenters. The summed E-state index contributed by atoms with van der Waals surface area (Å²) in [6, 6.07) is 5.74. The van der Waals surface area contributed by atoms with Crippen LogP contribution < -0.4 is 10.7 Å². The molecule has 2 aromatic rings. The molecule has 0 saturated carbocycles. The van der Waals surface area contributed by atoms with E-state index in [1.165, 1.54) is 25.1 Å². The molecule has 1 N–H and O–H groups in total. The van der Waals surface area contributed by atoms with Crippen LogP contribution in [0, 0.1) is 12.3 Å². The smallest absolute Gasteiger partial charge is 0.350 e. The minimum atomic E-state index is -4.51. The molecule has 1 amide bonds. The van der Waals surface area contributed by atoms with Crippen molar-refractivity contribution in [2.45, 2.75) is 26.9 Å². The molecule has 9 heteroatoms. The monoisotopic (exact) mass is 410 g/mol. The lowest BCUT2D eigenvalue weighted by molar-refractivity contribution is -0.137. The minimum absolute atomic E-state index is 0.110. The highest BCUT2D eigenvalue weighted by molar-refractivity contribution is 5.92. The fraction of sp³-hybridized carbons (Fsp3) is 0.450. The Labute approximate surface area is 167 Å². The molecule has 2 rings (SSSR count). The van der Waals surface area contributed by atoms with Crippen molar-refractivity contribution in [2.75, 3.05) is 27.2 Å². The number of halogens is 3. The molecule has 6 nitrogen and oxygen atoms in total. The molecule has 0 saturated heterocycles. The zero-order valence-corrected chi connectivity index (χ0v) is 17.1. The van der Waals surface area contributed by atoms with Gasteiger partial charge in [0.25, 0.3) is 5.91 Å². The lowest BCUT2D eigenvalue weighted by Gasteiger charge is -2.28. The van der Waals surface area contributed by atoms with E-state index in [2.05, 4.69) is 10.4 Å². The van der Waals surface area contributed by atoms with Gasteiger partial charge in [0.2, 0.25) is 5.43 Å². The first kappa shape index (κ1) is 22.6. The molecule has 0 unspecified atom stereocenters. The van der Waals surface area contributed by atoms with Crippen molar-refractivity contribution in [1.82, 2.24) is 20.0 Å². The largest absolute Gasteiger partial charge is 0.416 e. The summed E-state index contributed by atoms with van der Waals surface area (Å²) in [6.45, 7) is 6.50. The maximum atomic E-state index is 13.0. The van der Waals surface area contributed by atoms with Gasteiger partial charge >= 0.3 is 6.18 Å². The first-order chi connectivity index (χ1) is 13.3. The molecular formula is C20H25F3N4O2. The molecule has 0 aliphatic rings. The molecule has 0 spiro atoms. The molecule has 0 fully saturated rings. The second-order valence-electron chi connectivity index (χ2n) is 8.04. The third kappa shape index (κ3) is 5.90. The normalized spacial score (nSPS) is 12.3. The number of rotatable bonds is 6. The molecule has 0 radical (unpaired) electrons. The zero-order valence-electron chi connectivity index (χ0n) is 17.1. The highest BCUT2D eigenvalue weighted by Gasteiger charge is 2.30. The van der Waals surface area contributed by atoms with Crippen LogP contribution in [0.3, 0.4) is 0 Å². The molecule has 0 aliphatic carbocycles. The number of nitrogens with zero attached hydrogens (tertiary/aromatic N) is 3. The highest BCUT2D eigenvalue weighted by atomic mass is 19.4. The van der Waals surface area contributed by atoms with Gasteiger partial charge in [0.05, 0.1) is 11.3 Å². The van der Waals surface area contributed by atoms with E-state index in [9.17, 15) is 22.8 Å². The average molecular weight is 410 g/mol. The number of carbonyl (C=O) groups excluding carboxylic acids is 1. The first-order valence-corrected chi connectivity index (χ1v) is 9.02. The van der Waals surface area contributed by atoms with Crippen LogP contribution in [0.15, 0.2) is 35.1 Å². The Hall–Kier alpha value is -2.68. The second kappa shape index (κ2) is 8.36. The van der Waals surface area contributed by atoms with Gasteiger partial charge in [0.15, 0.2) is 5.69 Å². The number of aryl methyl sites for hydroxylation is 1. The quantitative estimate of drug-likeness (QED) is 0.795. The fourth-order valence-electron chi connectivity index (χ4n) is 3.10. The number of aromatic nitrogens is 2. The second-order valence-corrected chi connectivity index (χ2v) is 8.04. The van der Waals surface area contributed by atoms with E-state index >= 15 is 0 Å². The number of hydrogen-bond donors (Lipinski definition) is 1. The third-order valence-electron chi connectivity index (χ3n) is 4.21. The summed E-state index contributed by atoms with van der Waals surface area (Å²) in [6.07, 6.45) is -4.51. The van der Waals surface area contributed by atoms with Crippen LogP contribution in [0.25, 0.3) is 5.69 Å². The Morgan fingerprint density at radius 1 is 1.21 bits per heavy atom. The zero-order chi connectivity index (χ0) is 22.0. The number of nitrogens with one attached hydrogen (secondary N) is 1. The van der Waals surface area contributed by atoms with Crippen LogP contribution in [-0.2, 0) is 6.18 Å². The molecule has 0 bridgehead atoms. The maximum absolute atomic E-state index is 13.0. The molecule has 1 aromatic heterocycles. The summed E-state index contributed by atoms with van der Waals surface area (Å²) >= 11 is 0. The summed E-state index contributed by atoms with van der Waals surface area (Å²) in [5, 5.41) is 6.74. The van der Waals surface area contributed by atoms with Crippen molar-refractivity contribution >= 4 is 5.91 Å². The molecule has 29 heavy (non-hydrogen) atoms. The summed E-state index contributed by atoms with van der Waals surface area (Å²) in [7, 11) is 3.83. The lowest BCUT2D eigenvalue weighted by Crippen LogP contribution is -2.41. The minimum Gasteiger partial charge on any atom is -0.350 e. The van der Waals surface area contributed by atoms with Crippen LogP contribution in [0.1, 0.15) is 35.6 Å². The summed E-state index contributed by atoms with van der Waals surface area (Å²) < 4.78 is 40.2. The summed E-state index contributed by atoms with van der Waals surface area (Å²) in [4.78, 5) is 26.8. The third-order valence-corrected chi connectivity index (χ3v) is 4.21. The molecular weight excluding hydrogens is 385 g/mol. The van der Waals surface area contributed by atoms with E-state index in [-0.39, 0.29) is 16.8 Å². The van der Waals surface area contributed by atoms with Crippen LogP contribution in [-0.4, -0.2) is 47.8 Å².